The number of hydrogen-bond donors (Lipinski definition) is 2. The number of piperidine rings is 1. The third-order valence-corrected chi connectivity index (χ3v) is 4.27. The van der Waals surface area contributed by atoms with Crippen LogP contribution in [0.15, 0.2) is 0 Å². The number of amides is 2. The Labute approximate surface area is 110 Å². The molecule has 18 heavy (non-hydrogen) atoms. The summed E-state index contributed by atoms with van der Waals surface area (Å²) >= 11 is 0. The predicted octanol–water partition coefficient (Wildman–Crippen LogP) is 2.12. The van der Waals surface area contributed by atoms with Gasteiger partial charge in [0.05, 0.1) is 6.10 Å². The van der Waals surface area contributed by atoms with Crippen molar-refractivity contribution < 1.29 is 9.90 Å². The summed E-state index contributed by atoms with van der Waals surface area (Å²) in [7, 11) is 0. The van der Waals surface area contributed by atoms with Crippen LogP contribution in [0.4, 0.5) is 4.79 Å². The third kappa shape index (κ3) is 3.87. The number of rotatable bonds is 1. The van der Waals surface area contributed by atoms with Crippen LogP contribution < -0.4 is 5.32 Å². The van der Waals surface area contributed by atoms with Gasteiger partial charge in [0.25, 0.3) is 0 Å². The van der Waals surface area contributed by atoms with E-state index < -0.39 is 0 Å². The summed E-state index contributed by atoms with van der Waals surface area (Å²) in [4.78, 5) is 13.9. The van der Waals surface area contributed by atoms with Gasteiger partial charge in [-0.25, -0.2) is 4.79 Å². The summed E-state index contributed by atoms with van der Waals surface area (Å²) in [5.41, 5.74) is 0. The molecule has 2 aliphatic rings. The molecule has 3 unspecified atom stereocenters. The van der Waals surface area contributed by atoms with E-state index in [1.165, 1.54) is 19.3 Å². The molecule has 0 bridgehead atoms. The zero-order valence-corrected chi connectivity index (χ0v) is 11.4. The number of urea groups is 1. The molecule has 2 amide bonds. The third-order valence-electron chi connectivity index (χ3n) is 4.27. The molecule has 0 spiro atoms. The van der Waals surface area contributed by atoms with Crippen LogP contribution in [0.1, 0.15) is 51.9 Å². The second-order valence-corrected chi connectivity index (χ2v) is 6.00. The van der Waals surface area contributed by atoms with Gasteiger partial charge in [-0.3, -0.25) is 0 Å². The van der Waals surface area contributed by atoms with Crippen LogP contribution in [0.25, 0.3) is 0 Å². The minimum Gasteiger partial charge on any atom is -0.391 e. The average Bonchev–Trinajstić information content (AvgIpc) is 2.54. The van der Waals surface area contributed by atoms with Crippen molar-refractivity contribution in [2.45, 2.75) is 64.0 Å². The van der Waals surface area contributed by atoms with Crippen LogP contribution in [0.2, 0.25) is 0 Å². The quantitative estimate of drug-likeness (QED) is 0.704. The van der Waals surface area contributed by atoms with Crippen LogP contribution in [0.5, 0.6) is 0 Å². The van der Waals surface area contributed by atoms with Crippen molar-refractivity contribution in [3.05, 3.63) is 0 Å². The number of likely N-dealkylation sites (tertiary alicyclic amines) is 1. The first kappa shape index (κ1) is 13.7. The summed E-state index contributed by atoms with van der Waals surface area (Å²) in [6, 6.07) is 0.356. The molecule has 4 heteroatoms. The monoisotopic (exact) mass is 254 g/mol. The fourth-order valence-electron chi connectivity index (χ4n) is 3.04. The van der Waals surface area contributed by atoms with Crippen LogP contribution in [-0.4, -0.2) is 41.3 Å². The van der Waals surface area contributed by atoms with Crippen LogP contribution in [-0.2, 0) is 0 Å². The summed E-state index contributed by atoms with van der Waals surface area (Å²) in [6.07, 6.45) is 7.33. The molecule has 0 radical (unpaired) electrons. The molecule has 3 atom stereocenters. The molecular formula is C14H26N2O2. The predicted molar refractivity (Wildman–Crippen MR) is 71.4 cm³/mol. The van der Waals surface area contributed by atoms with Crippen molar-refractivity contribution in [1.29, 1.82) is 0 Å². The van der Waals surface area contributed by atoms with Crippen molar-refractivity contribution in [3.8, 4) is 0 Å². The van der Waals surface area contributed by atoms with E-state index in [-0.39, 0.29) is 12.1 Å². The molecule has 0 aromatic rings. The summed E-state index contributed by atoms with van der Waals surface area (Å²) in [5, 5.41) is 12.7. The van der Waals surface area contributed by atoms with Crippen molar-refractivity contribution in [2.24, 2.45) is 5.92 Å². The number of nitrogens with one attached hydrogen (secondary N) is 1. The number of nitrogens with zero attached hydrogens (tertiary/aromatic N) is 1. The average molecular weight is 254 g/mol. The Kier molecular flexibility index (Phi) is 4.87. The van der Waals surface area contributed by atoms with Gasteiger partial charge in [0, 0.05) is 19.1 Å². The van der Waals surface area contributed by atoms with Gasteiger partial charge >= 0.3 is 6.03 Å². The van der Waals surface area contributed by atoms with E-state index in [2.05, 4.69) is 12.2 Å². The van der Waals surface area contributed by atoms with Crippen LogP contribution >= 0.6 is 0 Å². The molecule has 4 nitrogen and oxygen atoms in total. The Balaban J connectivity index is 1.79. The number of carbonyl (C=O) groups is 1. The van der Waals surface area contributed by atoms with E-state index in [9.17, 15) is 9.90 Å². The lowest BCUT2D eigenvalue weighted by Gasteiger charge is -2.31. The molecule has 1 aliphatic carbocycles. The normalized spacial score (nSPS) is 33.9. The smallest absolute Gasteiger partial charge is 0.317 e. The molecule has 1 heterocycles. The lowest BCUT2D eigenvalue weighted by Crippen LogP contribution is -2.49. The van der Waals surface area contributed by atoms with Crippen molar-refractivity contribution >= 4 is 6.03 Å². The zero-order valence-electron chi connectivity index (χ0n) is 11.4. The van der Waals surface area contributed by atoms with Gasteiger partial charge < -0.3 is 15.3 Å². The Bertz CT molecular complexity index is 283. The maximum atomic E-state index is 12.1. The molecule has 1 saturated carbocycles. The van der Waals surface area contributed by atoms with E-state index >= 15 is 0 Å². The van der Waals surface area contributed by atoms with E-state index in [4.69, 9.17) is 0 Å². The number of aliphatic hydroxyl groups excluding tert-OH is 1. The molecule has 2 N–H and O–H groups in total. The highest BCUT2D eigenvalue weighted by Crippen LogP contribution is 2.22. The Morgan fingerprint density at radius 2 is 2.00 bits per heavy atom. The molecule has 0 aromatic carbocycles. The highest BCUT2D eigenvalue weighted by Gasteiger charge is 2.24. The van der Waals surface area contributed by atoms with Crippen molar-refractivity contribution in [2.75, 3.05) is 13.1 Å². The summed E-state index contributed by atoms with van der Waals surface area (Å²) in [6.45, 7) is 3.58. The van der Waals surface area contributed by atoms with Gasteiger partial charge in [0.15, 0.2) is 0 Å². The van der Waals surface area contributed by atoms with Gasteiger partial charge in [-0.2, -0.15) is 0 Å². The minimum absolute atomic E-state index is 0.0216. The largest absolute Gasteiger partial charge is 0.391 e. The number of aliphatic hydroxyl groups is 1. The number of hydrogen-bond acceptors (Lipinski definition) is 2. The maximum absolute atomic E-state index is 12.1. The first-order valence-electron chi connectivity index (χ1n) is 7.38. The molecule has 2 fully saturated rings. The maximum Gasteiger partial charge on any atom is 0.317 e. The summed E-state index contributed by atoms with van der Waals surface area (Å²) < 4.78 is 0. The van der Waals surface area contributed by atoms with E-state index in [0.29, 0.717) is 12.6 Å². The van der Waals surface area contributed by atoms with Crippen molar-refractivity contribution in [1.82, 2.24) is 10.2 Å². The highest BCUT2D eigenvalue weighted by molar-refractivity contribution is 5.74. The molecule has 1 saturated heterocycles. The van der Waals surface area contributed by atoms with Gasteiger partial charge in [-0.1, -0.05) is 19.8 Å². The molecule has 1 aliphatic heterocycles. The van der Waals surface area contributed by atoms with E-state index in [1.807, 2.05) is 0 Å². The van der Waals surface area contributed by atoms with Gasteiger partial charge in [0.1, 0.15) is 0 Å². The van der Waals surface area contributed by atoms with Crippen LogP contribution in [0.3, 0.4) is 0 Å². The number of carbonyl (C=O) groups excluding carboxylic acids is 1. The van der Waals surface area contributed by atoms with E-state index in [0.717, 1.165) is 38.1 Å². The zero-order chi connectivity index (χ0) is 13.0. The SMILES string of the molecule is CC1CCCC(NC(=O)N2CCCC(O)C2)CC1. The molecular weight excluding hydrogens is 228 g/mol. The topological polar surface area (TPSA) is 52.6 Å². The van der Waals surface area contributed by atoms with Gasteiger partial charge in [-0.15, -0.1) is 0 Å². The Morgan fingerprint density at radius 3 is 2.78 bits per heavy atom. The summed E-state index contributed by atoms with van der Waals surface area (Å²) in [5.74, 6) is 0.795. The first-order chi connectivity index (χ1) is 8.65. The molecule has 2 rings (SSSR count). The van der Waals surface area contributed by atoms with Crippen LogP contribution in [0, 0.1) is 5.92 Å². The van der Waals surface area contributed by atoms with Gasteiger partial charge in [0.2, 0.25) is 0 Å². The highest BCUT2D eigenvalue weighted by atomic mass is 16.3. The lowest BCUT2D eigenvalue weighted by atomic mass is 10.0. The second kappa shape index (κ2) is 6.41. The Hall–Kier alpha value is -0.770. The Morgan fingerprint density at radius 1 is 1.17 bits per heavy atom. The number of β-amino-alcohol motifs (C(OH)–C–C–N with tert-alkyl or cyclic N) is 1. The van der Waals surface area contributed by atoms with Crippen molar-refractivity contribution in [3.63, 3.8) is 0 Å². The second-order valence-electron chi connectivity index (χ2n) is 6.00. The van der Waals surface area contributed by atoms with Gasteiger partial charge in [-0.05, 0) is 38.0 Å². The standard InChI is InChI=1S/C14H26N2O2/c1-11-4-2-5-12(8-7-11)15-14(18)16-9-3-6-13(17)10-16/h11-13,17H,2-10H2,1H3,(H,15,18). The fourth-order valence-corrected chi connectivity index (χ4v) is 3.04. The molecule has 0 aromatic heterocycles. The first-order valence-corrected chi connectivity index (χ1v) is 7.38. The minimum atomic E-state index is -0.335. The fraction of sp³-hybridized carbons (Fsp3) is 0.929. The van der Waals surface area contributed by atoms with E-state index in [1.54, 1.807) is 4.90 Å². The molecule has 104 valence electrons. The lowest BCUT2D eigenvalue weighted by molar-refractivity contribution is 0.0831.